The fraction of sp³-hybridized carbons (Fsp3) is 0.231. The second-order valence-electron chi connectivity index (χ2n) is 8.02. The zero-order chi connectivity index (χ0) is 21.7. The van der Waals surface area contributed by atoms with Gasteiger partial charge in [-0.1, -0.05) is 91.0 Å². The maximum Gasteiger partial charge on any atom is 0.229 e. The van der Waals surface area contributed by atoms with Crippen LogP contribution in [0, 0.1) is 0 Å². The van der Waals surface area contributed by atoms with E-state index in [2.05, 4.69) is 103 Å². The second-order valence-corrected chi connectivity index (χ2v) is 11.9. The van der Waals surface area contributed by atoms with E-state index in [4.69, 9.17) is 0 Å². The molecule has 31 heavy (non-hydrogen) atoms. The highest BCUT2D eigenvalue weighted by atomic mass is 28.3. The van der Waals surface area contributed by atoms with Crippen molar-refractivity contribution in [1.29, 1.82) is 0 Å². The lowest BCUT2D eigenvalue weighted by molar-refractivity contribution is -0.138. The van der Waals surface area contributed by atoms with Gasteiger partial charge < -0.3 is 4.57 Å². The minimum Gasteiger partial charge on any atom is -0.316 e. The predicted octanol–water partition coefficient (Wildman–Crippen LogP) is 2.12. The summed E-state index contributed by atoms with van der Waals surface area (Å²) >= 11 is 0. The molecule has 0 aliphatic carbocycles. The van der Waals surface area contributed by atoms with Gasteiger partial charge in [0.25, 0.3) is 0 Å². The first kappa shape index (κ1) is 21.2. The van der Waals surface area contributed by atoms with Crippen molar-refractivity contribution in [2.75, 3.05) is 20.1 Å². The van der Waals surface area contributed by atoms with Gasteiger partial charge in [0.1, 0.15) is 0 Å². The summed E-state index contributed by atoms with van der Waals surface area (Å²) in [6.45, 7) is 1.28. The minimum absolute atomic E-state index is 0.0367. The number of imide groups is 1. The quantitative estimate of drug-likeness (QED) is 0.314. The second kappa shape index (κ2) is 9.41. The molecular formula is C26H28N2O2Si. The van der Waals surface area contributed by atoms with Gasteiger partial charge in [0.05, 0.1) is 0 Å². The van der Waals surface area contributed by atoms with Crippen LogP contribution in [0.2, 0.25) is 0 Å². The Labute approximate surface area is 185 Å². The molecule has 4 nitrogen and oxygen atoms in total. The van der Waals surface area contributed by atoms with Crippen molar-refractivity contribution in [3.63, 3.8) is 0 Å². The van der Waals surface area contributed by atoms with E-state index in [-0.39, 0.29) is 11.8 Å². The van der Waals surface area contributed by atoms with Crippen LogP contribution in [0.25, 0.3) is 0 Å². The summed E-state index contributed by atoms with van der Waals surface area (Å²) in [5.41, 5.74) is 0. The Morgan fingerprint density at radius 1 is 0.710 bits per heavy atom. The summed E-state index contributed by atoms with van der Waals surface area (Å²) in [6.07, 6.45) is 1.46. The van der Waals surface area contributed by atoms with Crippen LogP contribution in [0.15, 0.2) is 91.0 Å². The Morgan fingerprint density at radius 3 is 1.48 bits per heavy atom. The van der Waals surface area contributed by atoms with E-state index in [1.807, 2.05) is 0 Å². The van der Waals surface area contributed by atoms with Gasteiger partial charge >= 0.3 is 0 Å². The first-order chi connectivity index (χ1) is 15.1. The van der Waals surface area contributed by atoms with Crippen LogP contribution in [0.5, 0.6) is 0 Å². The average Bonchev–Trinajstić information content (AvgIpc) is 3.14. The molecule has 3 aromatic carbocycles. The van der Waals surface area contributed by atoms with Gasteiger partial charge in [-0.15, -0.1) is 0 Å². The Bertz CT molecular complexity index is 912. The summed E-state index contributed by atoms with van der Waals surface area (Å²) in [5, 5.41) is 3.97. The molecule has 1 aliphatic heterocycles. The van der Waals surface area contributed by atoms with Gasteiger partial charge in [-0.05, 0) is 35.6 Å². The van der Waals surface area contributed by atoms with Crippen molar-refractivity contribution in [3.05, 3.63) is 91.0 Å². The van der Waals surface area contributed by atoms with Crippen molar-refractivity contribution >= 4 is 35.6 Å². The average molecular weight is 429 g/mol. The number of benzene rings is 3. The van der Waals surface area contributed by atoms with Crippen LogP contribution in [0.3, 0.4) is 0 Å². The van der Waals surface area contributed by atoms with E-state index in [0.717, 1.165) is 13.0 Å². The smallest absolute Gasteiger partial charge is 0.229 e. The Balaban J connectivity index is 1.73. The van der Waals surface area contributed by atoms with Crippen LogP contribution < -0.4 is 15.6 Å². The Kier molecular flexibility index (Phi) is 6.44. The molecule has 1 fully saturated rings. The lowest BCUT2D eigenvalue weighted by Gasteiger charge is -2.41. The Morgan fingerprint density at radius 2 is 1.10 bits per heavy atom. The molecule has 0 spiro atoms. The molecule has 0 atom stereocenters. The normalized spacial score (nSPS) is 14.5. The molecule has 158 valence electrons. The number of carbonyl (C=O) groups excluding carboxylic acids is 2. The predicted molar refractivity (Wildman–Crippen MR) is 127 cm³/mol. The molecule has 0 aromatic heterocycles. The molecule has 4 rings (SSSR count). The van der Waals surface area contributed by atoms with Crippen LogP contribution in [0.1, 0.15) is 19.3 Å². The highest BCUT2D eigenvalue weighted by Gasteiger charge is 2.43. The monoisotopic (exact) mass is 428 g/mol. The van der Waals surface area contributed by atoms with Crippen molar-refractivity contribution < 1.29 is 9.59 Å². The number of hydrogen-bond donors (Lipinski definition) is 0. The summed E-state index contributed by atoms with van der Waals surface area (Å²) in [4.78, 5) is 25.5. The number of hydrogen-bond acceptors (Lipinski definition) is 3. The van der Waals surface area contributed by atoms with E-state index in [1.165, 1.54) is 20.5 Å². The number of likely N-dealkylation sites (tertiary alicyclic amines) is 1. The van der Waals surface area contributed by atoms with Gasteiger partial charge in [0.15, 0.2) is 0 Å². The van der Waals surface area contributed by atoms with Gasteiger partial charge in [0.2, 0.25) is 20.0 Å². The SMILES string of the molecule is CN(CCCN1C(=O)CCC1=O)[Si](c1ccccc1)(c1ccccc1)c1ccccc1. The summed E-state index contributed by atoms with van der Waals surface area (Å²) in [6, 6.07) is 32.2. The van der Waals surface area contributed by atoms with Crippen LogP contribution in [0.4, 0.5) is 0 Å². The Hall–Kier alpha value is -3.02. The zero-order valence-electron chi connectivity index (χ0n) is 17.9. The maximum atomic E-state index is 12.0. The molecule has 0 unspecified atom stereocenters. The molecular weight excluding hydrogens is 400 g/mol. The van der Waals surface area contributed by atoms with Crippen molar-refractivity contribution in [2.45, 2.75) is 19.3 Å². The van der Waals surface area contributed by atoms with E-state index >= 15 is 0 Å². The maximum absolute atomic E-state index is 12.0. The fourth-order valence-electron chi connectivity index (χ4n) is 4.71. The summed E-state index contributed by atoms with van der Waals surface area (Å²) in [7, 11) is -0.306. The molecule has 5 heteroatoms. The molecule has 1 saturated heterocycles. The van der Waals surface area contributed by atoms with Gasteiger partial charge in [-0.25, -0.2) is 0 Å². The first-order valence-electron chi connectivity index (χ1n) is 10.8. The van der Waals surface area contributed by atoms with E-state index in [0.29, 0.717) is 19.4 Å². The first-order valence-corrected chi connectivity index (χ1v) is 12.8. The number of rotatable bonds is 8. The van der Waals surface area contributed by atoms with Crippen molar-refractivity contribution in [2.24, 2.45) is 0 Å². The summed E-state index contributed by atoms with van der Waals surface area (Å²) < 4.78 is 2.48. The van der Waals surface area contributed by atoms with Gasteiger partial charge in [-0.2, -0.15) is 0 Å². The molecule has 0 saturated carbocycles. The van der Waals surface area contributed by atoms with Crippen molar-refractivity contribution in [3.8, 4) is 0 Å². The van der Waals surface area contributed by atoms with Crippen molar-refractivity contribution in [1.82, 2.24) is 9.47 Å². The molecule has 0 N–H and O–H groups in total. The third kappa shape index (κ3) is 4.11. The van der Waals surface area contributed by atoms with E-state index in [1.54, 1.807) is 0 Å². The van der Waals surface area contributed by atoms with Gasteiger partial charge in [-0.3, -0.25) is 14.5 Å². The van der Waals surface area contributed by atoms with Gasteiger partial charge in [0, 0.05) is 19.4 Å². The molecule has 3 aromatic rings. The molecule has 1 heterocycles. The standard InChI is InChI=1S/C26H28N2O2Si/c1-27(20-11-21-28-25(29)18-19-26(28)30)31(22-12-5-2-6-13-22,23-14-7-3-8-15-23)24-16-9-4-10-17-24/h2-10,12-17H,11,18-21H2,1H3. The number of nitrogens with zero attached hydrogens (tertiary/aromatic N) is 2. The van der Waals surface area contributed by atoms with Crippen LogP contribution in [-0.4, -0.2) is 49.7 Å². The molecule has 0 radical (unpaired) electrons. The zero-order valence-corrected chi connectivity index (χ0v) is 18.9. The molecule has 0 bridgehead atoms. The lowest BCUT2D eigenvalue weighted by Crippen LogP contribution is -2.76. The fourth-order valence-corrected chi connectivity index (χ4v) is 9.55. The van der Waals surface area contributed by atoms with Crippen LogP contribution in [-0.2, 0) is 9.59 Å². The van der Waals surface area contributed by atoms with E-state index < -0.39 is 8.24 Å². The molecule has 1 aliphatic rings. The third-order valence-corrected chi connectivity index (χ3v) is 11.1. The largest absolute Gasteiger partial charge is 0.316 e. The minimum atomic E-state index is -2.49. The topological polar surface area (TPSA) is 40.6 Å². The van der Waals surface area contributed by atoms with Crippen LogP contribution >= 0.6 is 0 Å². The summed E-state index contributed by atoms with van der Waals surface area (Å²) in [5.74, 6) is -0.0734. The highest BCUT2D eigenvalue weighted by Crippen LogP contribution is 2.15. The lowest BCUT2D eigenvalue weighted by atomic mass is 10.3. The highest BCUT2D eigenvalue weighted by molar-refractivity contribution is 7.09. The molecule has 2 amide bonds. The number of amides is 2. The van der Waals surface area contributed by atoms with E-state index in [9.17, 15) is 9.59 Å². The number of carbonyl (C=O) groups is 2. The third-order valence-electron chi connectivity index (χ3n) is 6.18.